The molecule has 0 amide bonds. The first-order chi connectivity index (χ1) is 6.42. The van der Waals surface area contributed by atoms with Gasteiger partial charge >= 0.3 is 11.9 Å². The SMILES string of the molecule is CCOC(=O)C1(F)CC1(N)C(=O)OC.Cl. The summed E-state index contributed by atoms with van der Waals surface area (Å²) in [5.41, 5.74) is 1.07. The van der Waals surface area contributed by atoms with Gasteiger partial charge in [0.05, 0.1) is 13.7 Å². The molecule has 88 valence electrons. The highest BCUT2D eigenvalue weighted by Crippen LogP contribution is 2.50. The van der Waals surface area contributed by atoms with E-state index in [1.54, 1.807) is 6.92 Å². The van der Waals surface area contributed by atoms with E-state index in [0.717, 1.165) is 7.11 Å². The zero-order valence-electron chi connectivity index (χ0n) is 8.41. The molecule has 0 aromatic carbocycles. The highest BCUT2D eigenvalue weighted by molar-refractivity contribution is 6.00. The summed E-state index contributed by atoms with van der Waals surface area (Å²) in [6.07, 6.45) is -0.383. The fourth-order valence-corrected chi connectivity index (χ4v) is 1.26. The van der Waals surface area contributed by atoms with Gasteiger partial charge in [0.15, 0.2) is 5.54 Å². The minimum absolute atomic E-state index is 0. The molecule has 0 heterocycles. The van der Waals surface area contributed by atoms with E-state index in [4.69, 9.17) is 5.73 Å². The average molecular weight is 242 g/mol. The fraction of sp³-hybridized carbons (Fsp3) is 0.750. The number of carbonyl (C=O) groups is 2. The molecule has 0 saturated heterocycles. The largest absolute Gasteiger partial charge is 0.468 e. The number of ether oxygens (including phenoxy) is 2. The van der Waals surface area contributed by atoms with E-state index in [1.165, 1.54) is 0 Å². The number of hydrogen-bond donors (Lipinski definition) is 1. The first-order valence-electron chi connectivity index (χ1n) is 4.16. The van der Waals surface area contributed by atoms with Crippen molar-refractivity contribution in [2.24, 2.45) is 5.73 Å². The third-order valence-corrected chi connectivity index (χ3v) is 2.25. The topological polar surface area (TPSA) is 78.6 Å². The summed E-state index contributed by atoms with van der Waals surface area (Å²) in [6, 6.07) is 0. The molecule has 5 nitrogen and oxygen atoms in total. The molecule has 2 N–H and O–H groups in total. The minimum Gasteiger partial charge on any atom is -0.468 e. The molecular formula is C8H13ClFNO4. The van der Waals surface area contributed by atoms with Gasteiger partial charge in [-0.3, -0.25) is 0 Å². The Morgan fingerprint density at radius 3 is 2.40 bits per heavy atom. The van der Waals surface area contributed by atoms with Gasteiger partial charge in [-0.05, 0) is 6.92 Å². The summed E-state index contributed by atoms with van der Waals surface area (Å²) in [6.45, 7) is 1.59. The lowest BCUT2D eigenvalue weighted by molar-refractivity contribution is -0.156. The van der Waals surface area contributed by atoms with Crippen molar-refractivity contribution in [2.45, 2.75) is 24.6 Å². The quantitative estimate of drug-likeness (QED) is 0.701. The molecule has 1 aliphatic carbocycles. The molecule has 0 aromatic heterocycles. The third-order valence-electron chi connectivity index (χ3n) is 2.25. The van der Waals surface area contributed by atoms with E-state index in [2.05, 4.69) is 9.47 Å². The Bertz CT molecular complexity index is 288. The predicted octanol–water partition coefficient (Wildman–Crippen LogP) is -0.0462. The van der Waals surface area contributed by atoms with Crippen molar-refractivity contribution in [2.75, 3.05) is 13.7 Å². The smallest absolute Gasteiger partial charge is 0.346 e. The lowest BCUT2D eigenvalue weighted by Crippen LogP contribution is -2.45. The van der Waals surface area contributed by atoms with Crippen LogP contribution >= 0.6 is 12.4 Å². The highest BCUT2D eigenvalue weighted by Gasteiger charge is 2.78. The minimum atomic E-state index is -2.42. The number of halogens is 2. The first kappa shape index (κ1) is 14.1. The van der Waals surface area contributed by atoms with Crippen molar-refractivity contribution in [3.8, 4) is 0 Å². The van der Waals surface area contributed by atoms with Gasteiger partial charge in [0.2, 0.25) is 5.67 Å². The van der Waals surface area contributed by atoms with Crippen molar-refractivity contribution < 1.29 is 23.5 Å². The van der Waals surface area contributed by atoms with Crippen LogP contribution in [0.2, 0.25) is 0 Å². The van der Waals surface area contributed by atoms with E-state index < -0.39 is 23.1 Å². The van der Waals surface area contributed by atoms with Gasteiger partial charge < -0.3 is 15.2 Å². The number of nitrogens with two attached hydrogens (primary N) is 1. The van der Waals surface area contributed by atoms with Crippen LogP contribution in [0.25, 0.3) is 0 Å². The second kappa shape index (κ2) is 4.32. The molecule has 1 fully saturated rings. The normalized spacial score (nSPS) is 32.5. The van der Waals surface area contributed by atoms with Crippen LogP contribution in [0.4, 0.5) is 4.39 Å². The van der Waals surface area contributed by atoms with Crippen molar-refractivity contribution in [3.63, 3.8) is 0 Å². The number of rotatable bonds is 3. The van der Waals surface area contributed by atoms with E-state index in [1.807, 2.05) is 0 Å². The van der Waals surface area contributed by atoms with Crippen LogP contribution in [0.5, 0.6) is 0 Å². The Morgan fingerprint density at radius 2 is 2.00 bits per heavy atom. The number of hydrogen-bond acceptors (Lipinski definition) is 5. The number of methoxy groups -OCH3 is 1. The average Bonchev–Trinajstić information content (AvgIpc) is 2.72. The molecule has 1 aliphatic rings. The van der Waals surface area contributed by atoms with Gasteiger partial charge in [-0.2, -0.15) is 0 Å². The van der Waals surface area contributed by atoms with Gasteiger partial charge in [0.25, 0.3) is 0 Å². The zero-order valence-corrected chi connectivity index (χ0v) is 9.23. The van der Waals surface area contributed by atoms with Crippen LogP contribution in [0.15, 0.2) is 0 Å². The van der Waals surface area contributed by atoms with Crippen LogP contribution in [0.3, 0.4) is 0 Å². The second-order valence-electron chi connectivity index (χ2n) is 3.16. The predicted molar refractivity (Wildman–Crippen MR) is 51.3 cm³/mol. The summed E-state index contributed by atoms with van der Waals surface area (Å²) in [5, 5.41) is 0. The molecule has 2 unspecified atom stereocenters. The van der Waals surface area contributed by atoms with Crippen molar-refractivity contribution in [1.29, 1.82) is 0 Å². The molecule has 0 aliphatic heterocycles. The first-order valence-corrected chi connectivity index (χ1v) is 4.16. The zero-order chi connectivity index (χ0) is 11.0. The molecule has 7 heteroatoms. The fourth-order valence-electron chi connectivity index (χ4n) is 1.26. The molecule has 15 heavy (non-hydrogen) atoms. The maximum Gasteiger partial charge on any atom is 0.346 e. The Hall–Kier alpha value is -0.880. The monoisotopic (exact) mass is 241 g/mol. The Balaban J connectivity index is 0.00000196. The van der Waals surface area contributed by atoms with Crippen molar-refractivity contribution in [1.82, 2.24) is 0 Å². The summed E-state index contributed by atoms with van der Waals surface area (Å²) in [7, 11) is 1.08. The Labute approximate surface area is 92.5 Å². The maximum atomic E-state index is 13.7. The van der Waals surface area contributed by atoms with E-state index >= 15 is 0 Å². The summed E-state index contributed by atoms with van der Waals surface area (Å²) in [5.74, 6) is -2.04. The standard InChI is InChI=1S/C8H12FNO4.ClH/c1-3-14-5(11)7(9)4-8(7,10)6(12)13-2;/h3-4,10H2,1-2H3;1H. The summed E-state index contributed by atoms with van der Waals surface area (Å²) in [4.78, 5) is 22.1. The lowest BCUT2D eigenvalue weighted by atomic mass is 10.2. The van der Waals surface area contributed by atoms with Gasteiger partial charge in [-0.25, -0.2) is 14.0 Å². The molecule has 0 bridgehead atoms. The van der Waals surface area contributed by atoms with Crippen LogP contribution in [0, 0.1) is 0 Å². The van der Waals surface area contributed by atoms with E-state index in [0.29, 0.717) is 0 Å². The molecule has 2 atom stereocenters. The lowest BCUT2D eigenvalue weighted by Gasteiger charge is -2.11. The van der Waals surface area contributed by atoms with Gasteiger partial charge in [0, 0.05) is 6.42 Å². The van der Waals surface area contributed by atoms with Gasteiger partial charge in [-0.1, -0.05) is 0 Å². The summed E-state index contributed by atoms with van der Waals surface area (Å²) >= 11 is 0. The molecule has 0 spiro atoms. The maximum absolute atomic E-state index is 13.7. The number of alkyl halides is 1. The molecule has 1 saturated carbocycles. The van der Waals surface area contributed by atoms with Crippen LogP contribution in [-0.2, 0) is 19.1 Å². The molecule has 0 radical (unpaired) electrons. The highest BCUT2D eigenvalue weighted by atomic mass is 35.5. The van der Waals surface area contributed by atoms with Crippen LogP contribution < -0.4 is 5.73 Å². The van der Waals surface area contributed by atoms with Gasteiger partial charge in [0.1, 0.15) is 0 Å². The van der Waals surface area contributed by atoms with E-state index in [9.17, 15) is 14.0 Å². The Kier molecular flexibility index (Phi) is 4.07. The summed E-state index contributed by atoms with van der Waals surface area (Å²) < 4.78 is 22.4. The van der Waals surface area contributed by atoms with E-state index in [-0.39, 0.29) is 25.4 Å². The second-order valence-corrected chi connectivity index (χ2v) is 3.16. The molecular weight excluding hydrogens is 229 g/mol. The van der Waals surface area contributed by atoms with Crippen molar-refractivity contribution >= 4 is 24.3 Å². The molecule has 1 rings (SSSR count). The third kappa shape index (κ3) is 1.91. The van der Waals surface area contributed by atoms with Crippen molar-refractivity contribution in [3.05, 3.63) is 0 Å². The Morgan fingerprint density at radius 1 is 1.47 bits per heavy atom. The van der Waals surface area contributed by atoms with Crippen LogP contribution in [0.1, 0.15) is 13.3 Å². The van der Waals surface area contributed by atoms with Crippen LogP contribution in [-0.4, -0.2) is 36.9 Å². The molecule has 0 aromatic rings. The van der Waals surface area contributed by atoms with Gasteiger partial charge in [-0.15, -0.1) is 12.4 Å². The number of esters is 2. The number of carbonyl (C=O) groups excluding carboxylic acids is 2.